The summed E-state index contributed by atoms with van der Waals surface area (Å²) in [7, 11) is -3.05. The highest BCUT2D eigenvalue weighted by Crippen LogP contribution is 2.05. The quantitative estimate of drug-likeness (QED) is 0.651. The molecule has 0 aliphatic carbocycles. The van der Waals surface area contributed by atoms with E-state index in [1.54, 1.807) is 6.92 Å². The van der Waals surface area contributed by atoms with Crippen LogP contribution in [0.1, 0.15) is 20.8 Å². The lowest BCUT2D eigenvalue weighted by molar-refractivity contribution is 0.193. The van der Waals surface area contributed by atoms with E-state index in [-0.39, 0.29) is 5.75 Å². The zero-order valence-electron chi connectivity index (χ0n) is 6.53. The Morgan fingerprint density at radius 3 is 1.90 bits per heavy atom. The van der Waals surface area contributed by atoms with Crippen molar-refractivity contribution in [3.8, 4) is 0 Å². The van der Waals surface area contributed by atoms with Crippen LogP contribution in [-0.4, -0.2) is 30.6 Å². The minimum Gasteiger partial charge on any atom is -0.392 e. The standard InChI is InChI=1S/C6H14O3S/c1-4-10(8,9)6(3)5(2)7/h5-7H,4H2,1-3H3/t5-,6-/m0/s1. The molecule has 2 atom stereocenters. The Bertz CT molecular complexity index is 181. The number of sulfone groups is 1. The van der Waals surface area contributed by atoms with Crippen molar-refractivity contribution in [2.75, 3.05) is 5.75 Å². The van der Waals surface area contributed by atoms with Gasteiger partial charge in [0.1, 0.15) is 0 Å². The van der Waals surface area contributed by atoms with Crippen molar-refractivity contribution in [3.63, 3.8) is 0 Å². The van der Waals surface area contributed by atoms with Crippen LogP contribution in [0.4, 0.5) is 0 Å². The Labute approximate surface area is 62.0 Å². The van der Waals surface area contributed by atoms with Crippen LogP contribution in [0.3, 0.4) is 0 Å². The molecule has 0 aromatic carbocycles. The van der Waals surface area contributed by atoms with Crippen LogP contribution in [0.2, 0.25) is 0 Å². The molecule has 3 nitrogen and oxygen atoms in total. The van der Waals surface area contributed by atoms with Crippen molar-refractivity contribution in [1.82, 2.24) is 0 Å². The Morgan fingerprint density at radius 2 is 1.80 bits per heavy atom. The first-order valence-electron chi connectivity index (χ1n) is 3.31. The third-order valence-electron chi connectivity index (χ3n) is 1.65. The van der Waals surface area contributed by atoms with Gasteiger partial charge in [0.25, 0.3) is 0 Å². The molecular weight excluding hydrogens is 152 g/mol. The molecule has 0 aromatic heterocycles. The molecular formula is C6H14O3S. The van der Waals surface area contributed by atoms with Crippen LogP contribution in [0.25, 0.3) is 0 Å². The fraction of sp³-hybridized carbons (Fsp3) is 1.00. The number of hydrogen-bond donors (Lipinski definition) is 1. The summed E-state index contributed by atoms with van der Waals surface area (Å²) in [6, 6.07) is 0. The Kier molecular flexibility index (Phi) is 3.31. The number of aliphatic hydroxyl groups is 1. The van der Waals surface area contributed by atoms with Crippen molar-refractivity contribution in [1.29, 1.82) is 0 Å². The van der Waals surface area contributed by atoms with Crippen molar-refractivity contribution in [2.45, 2.75) is 32.1 Å². The van der Waals surface area contributed by atoms with Gasteiger partial charge in [0, 0.05) is 5.75 Å². The molecule has 4 heteroatoms. The summed E-state index contributed by atoms with van der Waals surface area (Å²) in [4.78, 5) is 0. The lowest BCUT2D eigenvalue weighted by Crippen LogP contribution is -2.30. The Hall–Kier alpha value is -0.0900. The van der Waals surface area contributed by atoms with Crippen molar-refractivity contribution in [3.05, 3.63) is 0 Å². The predicted octanol–water partition coefficient (Wildman–Crippen LogP) is 0.190. The molecule has 0 aromatic rings. The van der Waals surface area contributed by atoms with Gasteiger partial charge in [0.05, 0.1) is 11.4 Å². The summed E-state index contributed by atoms with van der Waals surface area (Å²) in [5, 5.41) is 8.27. The fourth-order valence-electron chi connectivity index (χ4n) is 0.563. The monoisotopic (exact) mass is 166 g/mol. The molecule has 0 saturated carbocycles. The van der Waals surface area contributed by atoms with Gasteiger partial charge in [-0.25, -0.2) is 8.42 Å². The second-order valence-corrected chi connectivity index (χ2v) is 5.04. The van der Waals surface area contributed by atoms with Gasteiger partial charge in [-0.15, -0.1) is 0 Å². The summed E-state index contributed by atoms with van der Waals surface area (Å²) in [5.41, 5.74) is 0. The first kappa shape index (κ1) is 9.91. The van der Waals surface area contributed by atoms with Gasteiger partial charge in [-0.05, 0) is 13.8 Å². The van der Waals surface area contributed by atoms with E-state index in [4.69, 9.17) is 5.11 Å². The summed E-state index contributed by atoms with van der Waals surface area (Å²) in [6.45, 7) is 4.58. The van der Waals surface area contributed by atoms with E-state index in [0.29, 0.717) is 0 Å². The zero-order chi connectivity index (χ0) is 8.36. The van der Waals surface area contributed by atoms with Gasteiger partial charge in [0.15, 0.2) is 9.84 Å². The van der Waals surface area contributed by atoms with E-state index in [1.807, 2.05) is 0 Å². The molecule has 0 rings (SSSR count). The third kappa shape index (κ3) is 2.27. The molecule has 10 heavy (non-hydrogen) atoms. The maximum absolute atomic E-state index is 11.0. The third-order valence-corrected chi connectivity index (χ3v) is 3.98. The first-order chi connectivity index (χ1) is 4.41. The SMILES string of the molecule is CCS(=O)(=O)[C@@H](C)[C@H](C)O. The molecule has 1 N–H and O–H groups in total. The van der Waals surface area contributed by atoms with Crippen LogP contribution >= 0.6 is 0 Å². The van der Waals surface area contributed by atoms with Crippen LogP contribution in [-0.2, 0) is 9.84 Å². The van der Waals surface area contributed by atoms with Gasteiger partial charge in [0.2, 0.25) is 0 Å². The van der Waals surface area contributed by atoms with Gasteiger partial charge in [-0.3, -0.25) is 0 Å². The lowest BCUT2D eigenvalue weighted by atomic mass is 10.3. The zero-order valence-corrected chi connectivity index (χ0v) is 7.35. The number of aliphatic hydroxyl groups excluding tert-OH is 1. The normalized spacial score (nSPS) is 18.4. The predicted molar refractivity (Wildman–Crippen MR) is 40.6 cm³/mol. The molecule has 0 spiro atoms. The summed E-state index contributed by atoms with van der Waals surface area (Å²) in [6.07, 6.45) is -0.773. The van der Waals surface area contributed by atoms with E-state index in [1.165, 1.54) is 13.8 Å². The van der Waals surface area contributed by atoms with E-state index in [2.05, 4.69) is 0 Å². The maximum Gasteiger partial charge on any atom is 0.155 e. The van der Waals surface area contributed by atoms with Crippen molar-refractivity contribution >= 4 is 9.84 Å². The minimum absolute atomic E-state index is 0.0963. The highest BCUT2D eigenvalue weighted by molar-refractivity contribution is 7.92. The second kappa shape index (κ2) is 3.34. The maximum atomic E-state index is 11.0. The molecule has 0 radical (unpaired) electrons. The van der Waals surface area contributed by atoms with Gasteiger partial charge in [-0.2, -0.15) is 0 Å². The highest BCUT2D eigenvalue weighted by atomic mass is 32.2. The second-order valence-electron chi connectivity index (χ2n) is 2.40. The molecule has 0 amide bonds. The first-order valence-corrected chi connectivity index (χ1v) is 5.03. The van der Waals surface area contributed by atoms with Gasteiger partial charge in [-0.1, -0.05) is 6.92 Å². The number of rotatable bonds is 3. The molecule has 0 heterocycles. The van der Waals surface area contributed by atoms with E-state index >= 15 is 0 Å². The largest absolute Gasteiger partial charge is 0.392 e. The van der Waals surface area contributed by atoms with Gasteiger partial charge < -0.3 is 5.11 Å². The fourth-order valence-corrected chi connectivity index (χ4v) is 1.69. The van der Waals surface area contributed by atoms with Gasteiger partial charge >= 0.3 is 0 Å². The molecule has 0 unspecified atom stereocenters. The minimum atomic E-state index is -3.05. The van der Waals surface area contributed by atoms with Crippen LogP contribution in [0.5, 0.6) is 0 Å². The van der Waals surface area contributed by atoms with Crippen molar-refractivity contribution < 1.29 is 13.5 Å². The average Bonchev–Trinajstić information content (AvgIpc) is 1.86. The summed E-state index contributed by atoms with van der Waals surface area (Å²) < 4.78 is 22.0. The summed E-state index contributed by atoms with van der Waals surface area (Å²) >= 11 is 0. The molecule has 62 valence electrons. The Balaban J connectivity index is 4.35. The van der Waals surface area contributed by atoms with Crippen LogP contribution in [0.15, 0.2) is 0 Å². The summed E-state index contributed by atoms with van der Waals surface area (Å²) in [5.74, 6) is 0.0963. The smallest absolute Gasteiger partial charge is 0.155 e. The Morgan fingerprint density at radius 1 is 1.40 bits per heavy atom. The van der Waals surface area contributed by atoms with E-state index in [9.17, 15) is 8.42 Å². The molecule has 0 aliphatic rings. The van der Waals surface area contributed by atoms with Crippen LogP contribution in [0, 0.1) is 0 Å². The molecule has 0 saturated heterocycles. The molecule has 0 aliphatic heterocycles. The molecule has 0 fully saturated rings. The molecule has 0 bridgehead atoms. The number of hydrogen-bond acceptors (Lipinski definition) is 3. The van der Waals surface area contributed by atoms with Crippen molar-refractivity contribution in [2.24, 2.45) is 0 Å². The van der Waals surface area contributed by atoms with Crippen LogP contribution < -0.4 is 0 Å². The van der Waals surface area contributed by atoms with E-state index in [0.717, 1.165) is 0 Å². The topological polar surface area (TPSA) is 54.4 Å². The lowest BCUT2D eigenvalue weighted by Gasteiger charge is -2.13. The highest BCUT2D eigenvalue weighted by Gasteiger charge is 2.22. The van der Waals surface area contributed by atoms with E-state index < -0.39 is 21.2 Å². The average molecular weight is 166 g/mol.